The molecule has 1 aromatic carbocycles. The molecule has 2 aliphatic rings. The van der Waals surface area contributed by atoms with Crippen molar-refractivity contribution in [3.05, 3.63) is 47.8 Å². The minimum Gasteiger partial charge on any atom is -0.488 e. The Bertz CT molecular complexity index is 1240. The van der Waals surface area contributed by atoms with E-state index in [0.717, 1.165) is 67.7 Å². The molecule has 2 aromatic heterocycles. The number of fused-ring (bicyclic) bond motifs is 1. The van der Waals surface area contributed by atoms with E-state index in [4.69, 9.17) is 9.72 Å². The number of benzene rings is 1. The lowest BCUT2D eigenvalue weighted by Gasteiger charge is -2.31. The van der Waals surface area contributed by atoms with Crippen LogP contribution in [0, 0.1) is 6.92 Å². The fraction of sp³-hybridized carbons (Fsp3) is 0.481. The lowest BCUT2D eigenvalue weighted by Crippen LogP contribution is -2.40. The van der Waals surface area contributed by atoms with E-state index in [1.165, 1.54) is 0 Å². The molecule has 2 fully saturated rings. The molecule has 0 saturated carbocycles. The van der Waals surface area contributed by atoms with Crippen molar-refractivity contribution in [2.75, 3.05) is 31.5 Å². The van der Waals surface area contributed by atoms with Crippen molar-refractivity contribution in [2.45, 2.75) is 58.1 Å². The van der Waals surface area contributed by atoms with Crippen LogP contribution in [0.3, 0.4) is 0 Å². The van der Waals surface area contributed by atoms with Gasteiger partial charge in [-0.2, -0.15) is 0 Å². The number of anilines is 1. The Hall–Kier alpha value is -3.46. The fourth-order valence-electron chi connectivity index (χ4n) is 5.21. The summed E-state index contributed by atoms with van der Waals surface area (Å²) < 4.78 is 8.69. The first kappa shape index (κ1) is 24.2. The Labute approximate surface area is 211 Å². The number of ether oxygens (including phenoxy) is 1. The molecule has 4 heterocycles. The Kier molecular flexibility index (Phi) is 7.18. The van der Waals surface area contributed by atoms with Crippen molar-refractivity contribution in [2.24, 2.45) is 0 Å². The van der Waals surface area contributed by atoms with E-state index in [2.05, 4.69) is 20.2 Å². The summed E-state index contributed by atoms with van der Waals surface area (Å²) in [7, 11) is 0. The number of carbonyl (C=O) groups excluding carboxylic acids is 2. The molecule has 2 saturated heterocycles. The summed E-state index contributed by atoms with van der Waals surface area (Å²) in [5.74, 6) is 1.20. The number of hydrogen-bond donors (Lipinski definition) is 2. The van der Waals surface area contributed by atoms with Gasteiger partial charge in [0, 0.05) is 62.9 Å². The summed E-state index contributed by atoms with van der Waals surface area (Å²) in [6.07, 6.45) is 6.46. The maximum atomic E-state index is 13.2. The van der Waals surface area contributed by atoms with Gasteiger partial charge in [0.1, 0.15) is 17.4 Å². The fourth-order valence-corrected chi connectivity index (χ4v) is 5.21. The molecule has 2 amide bonds. The molecule has 190 valence electrons. The summed E-state index contributed by atoms with van der Waals surface area (Å²) in [5, 5.41) is 6.61. The van der Waals surface area contributed by atoms with E-state index < -0.39 is 0 Å². The Morgan fingerprint density at radius 3 is 2.75 bits per heavy atom. The largest absolute Gasteiger partial charge is 0.488 e. The van der Waals surface area contributed by atoms with Gasteiger partial charge in [-0.25, -0.2) is 4.98 Å². The van der Waals surface area contributed by atoms with E-state index in [1.54, 1.807) is 25.3 Å². The van der Waals surface area contributed by atoms with Crippen LogP contribution in [0.5, 0.6) is 5.75 Å². The van der Waals surface area contributed by atoms with Gasteiger partial charge in [0.15, 0.2) is 0 Å². The van der Waals surface area contributed by atoms with Crippen molar-refractivity contribution in [3.8, 4) is 5.75 Å². The number of rotatable bonds is 5. The van der Waals surface area contributed by atoms with E-state index in [1.807, 2.05) is 30.0 Å². The Morgan fingerprint density at radius 2 is 1.97 bits per heavy atom. The average Bonchev–Trinajstić information content (AvgIpc) is 3.03. The molecule has 9 heteroatoms. The number of hydrogen-bond acceptors (Lipinski definition) is 6. The monoisotopic (exact) mass is 490 g/mol. The molecule has 36 heavy (non-hydrogen) atoms. The minimum atomic E-state index is -0.210. The second-order valence-corrected chi connectivity index (χ2v) is 9.75. The number of para-hydroxylation sites is 1. The molecule has 1 atom stereocenters. The third-order valence-electron chi connectivity index (χ3n) is 7.12. The summed E-state index contributed by atoms with van der Waals surface area (Å²) in [4.78, 5) is 35.8. The van der Waals surface area contributed by atoms with Gasteiger partial charge in [0.05, 0.1) is 5.52 Å². The predicted molar refractivity (Wildman–Crippen MR) is 138 cm³/mol. The van der Waals surface area contributed by atoms with Crippen LogP contribution in [-0.2, 0) is 4.79 Å². The molecule has 0 spiro atoms. The average molecular weight is 491 g/mol. The highest BCUT2D eigenvalue weighted by Crippen LogP contribution is 2.35. The van der Waals surface area contributed by atoms with Gasteiger partial charge < -0.3 is 19.5 Å². The molecule has 2 N–H and O–H groups in total. The van der Waals surface area contributed by atoms with Gasteiger partial charge in [-0.3, -0.25) is 19.9 Å². The Morgan fingerprint density at radius 1 is 1.14 bits per heavy atom. The lowest BCUT2D eigenvalue weighted by molar-refractivity contribution is -0.130. The number of pyridine rings is 1. The van der Waals surface area contributed by atoms with Crippen molar-refractivity contribution in [3.63, 3.8) is 0 Å². The standard InChI is InChI=1S/C27H34N6O3/c1-18-16-20(9-13-29-18)26(35)31-27-30-23-7-5-8-24(36-22-10-14-32(15-11-22)19(2)34)25(23)33(27)21-6-3-4-12-28-17-21/h5,7-9,13,16,21-22,28H,3-4,6,10-12,14-15,17H2,1-2H3,(H,30,31,35)/t21-/m1/s1. The number of nitrogens with zero attached hydrogens (tertiary/aromatic N) is 4. The second kappa shape index (κ2) is 10.7. The smallest absolute Gasteiger partial charge is 0.258 e. The Balaban J connectivity index is 1.49. The van der Waals surface area contributed by atoms with E-state index >= 15 is 0 Å². The molecule has 9 nitrogen and oxygen atoms in total. The van der Waals surface area contributed by atoms with Crippen LogP contribution in [-0.4, -0.2) is 63.5 Å². The van der Waals surface area contributed by atoms with Gasteiger partial charge in [-0.05, 0) is 50.6 Å². The van der Waals surface area contributed by atoms with E-state index in [-0.39, 0.29) is 24.0 Å². The lowest BCUT2D eigenvalue weighted by atomic mass is 10.1. The molecule has 0 radical (unpaired) electrons. The van der Waals surface area contributed by atoms with Crippen LogP contribution >= 0.6 is 0 Å². The third-order valence-corrected chi connectivity index (χ3v) is 7.12. The summed E-state index contributed by atoms with van der Waals surface area (Å²) >= 11 is 0. The molecular weight excluding hydrogens is 456 g/mol. The highest BCUT2D eigenvalue weighted by Gasteiger charge is 2.27. The molecule has 0 unspecified atom stereocenters. The summed E-state index contributed by atoms with van der Waals surface area (Å²) in [5.41, 5.74) is 3.03. The molecule has 0 aliphatic carbocycles. The van der Waals surface area contributed by atoms with Crippen LogP contribution in [0.2, 0.25) is 0 Å². The highest BCUT2D eigenvalue weighted by molar-refractivity contribution is 6.04. The molecule has 3 aromatic rings. The number of aryl methyl sites for hydroxylation is 1. The number of amides is 2. The highest BCUT2D eigenvalue weighted by atomic mass is 16.5. The van der Waals surface area contributed by atoms with Gasteiger partial charge in [0.25, 0.3) is 5.91 Å². The first-order valence-corrected chi connectivity index (χ1v) is 12.9. The van der Waals surface area contributed by atoms with Crippen molar-refractivity contribution in [1.29, 1.82) is 0 Å². The zero-order valence-electron chi connectivity index (χ0n) is 21.0. The molecule has 5 rings (SSSR count). The van der Waals surface area contributed by atoms with Gasteiger partial charge in [-0.15, -0.1) is 0 Å². The maximum Gasteiger partial charge on any atom is 0.258 e. The first-order chi connectivity index (χ1) is 17.5. The van der Waals surface area contributed by atoms with Gasteiger partial charge >= 0.3 is 0 Å². The zero-order valence-corrected chi connectivity index (χ0v) is 21.0. The second-order valence-electron chi connectivity index (χ2n) is 9.75. The zero-order chi connectivity index (χ0) is 25.1. The van der Waals surface area contributed by atoms with Crippen LogP contribution in [0.25, 0.3) is 11.0 Å². The summed E-state index contributed by atoms with van der Waals surface area (Å²) in [6, 6.07) is 9.52. The normalized spacial score (nSPS) is 19.2. The van der Waals surface area contributed by atoms with Crippen molar-refractivity contribution in [1.82, 2.24) is 24.8 Å². The quantitative estimate of drug-likeness (QED) is 0.566. The SMILES string of the molecule is CC(=O)N1CCC(Oc2cccc3nc(NC(=O)c4ccnc(C)c4)n([C@@H]4CCCCNC4)c23)CC1. The summed E-state index contributed by atoms with van der Waals surface area (Å²) in [6.45, 7) is 6.67. The predicted octanol–water partition coefficient (Wildman–Crippen LogP) is 3.70. The van der Waals surface area contributed by atoms with Crippen LogP contribution < -0.4 is 15.4 Å². The van der Waals surface area contributed by atoms with E-state index in [9.17, 15) is 9.59 Å². The van der Waals surface area contributed by atoms with Crippen molar-refractivity contribution >= 4 is 28.8 Å². The number of carbonyl (C=O) groups is 2. The number of likely N-dealkylation sites (tertiary alicyclic amines) is 1. The first-order valence-electron chi connectivity index (χ1n) is 12.9. The maximum absolute atomic E-state index is 13.2. The number of piperidine rings is 1. The van der Waals surface area contributed by atoms with Gasteiger partial charge in [0.2, 0.25) is 11.9 Å². The third kappa shape index (κ3) is 5.21. The molecular formula is C27H34N6O3. The minimum absolute atomic E-state index is 0.0274. The van der Waals surface area contributed by atoms with Crippen molar-refractivity contribution < 1.29 is 14.3 Å². The van der Waals surface area contributed by atoms with E-state index in [0.29, 0.717) is 24.6 Å². The molecule has 2 aliphatic heterocycles. The number of imidazole rings is 1. The van der Waals surface area contributed by atoms with Crippen LogP contribution in [0.1, 0.15) is 61.1 Å². The number of aromatic nitrogens is 3. The molecule has 0 bridgehead atoms. The topological polar surface area (TPSA) is 101 Å². The number of nitrogens with one attached hydrogen (secondary N) is 2. The van der Waals surface area contributed by atoms with Gasteiger partial charge in [-0.1, -0.05) is 12.5 Å². The van der Waals surface area contributed by atoms with Crippen LogP contribution in [0.15, 0.2) is 36.5 Å². The van der Waals surface area contributed by atoms with Crippen LogP contribution in [0.4, 0.5) is 5.95 Å².